The third-order valence-electron chi connectivity index (χ3n) is 10.8. The van der Waals surface area contributed by atoms with Gasteiger partial charge in [0.05, 0.1) is 6.04 Å². The van der Waals surface area contributed by atoms with Crippen molar-refractivity contribution in [3.63, 3.8) is 0 Å². The minimum Gasteiger partial charge on any atom is -0.387 e. The van der Waals surface area contributed by atoms with E-state index in [2.05, 4.69) is 153 Å². The van der Waals surface area contributed by atoms with Crippen LogP contribution in [-0.4, -0.2) is 18.8 Å². The summed E-state index contributed by atoms with van der Waals surface area (Å²) in [5.41, 5.74) is 10.4. The molecule has 1 N–H and O–H groups in total. The third kappa shape index (κ3) is 11.9. The monoisotopic (exact) mass is 673 g/mol. The molecule has 6 atom stereocenters. The van der Waals surface area contributed by atoms with Crippen molar-refractivity contribution < 1.29 is 0 Å². The van der Waals surface area contributed by atoms with Gasteiger partial charge in [0.25, 0.3) is 0 Å². The average Bonchev–Trinajstić information content (AvgIpc) is 3.14. The Kier molecular flexibility index (Phi) is 19.2. The van der Waals surface area contributed by atoms with Gasteiger partial charge in [-0.2, -0.15) is 0 Å². The second kappa shape index (κ2) is 22.7. The summed E-state index contributed by atoms with van der Waals surface area (Å²) in [6, 6.07) is 9.40. The van der Waals surface area contributed by atoms with Gasteiger partial charge in [-0.3, -0.25) is 4.99 Å². The van der Waals surface area contributed by atoms with Gasteiger partial charge < -0.3 is 5.32 Å². The molecule has 6 unspecified atom stereocenters. The zero-order valence-electron chi connectivity index (χ0n) is 33.0. The topological polar surface area (TPSA) is 24.4 Å². The van der Waals surface area contributed by atoms with Gasteiger partial charge in [-0.05, 0) is 134 Å². The van der Waals surface area contributed by atoms with Crippen molar-refractivity contribution in [2.45, 2.75) is 100 Å². The van der Waals surface area contributed by atoms with E-state index in [-0.39, 0.29) is 6.04 Å². The number of hydrogen-bond donors (Lipinski definition) is 1. The molecule has 1 aromatic rings. The first-order chi connectivity index (χ1) is 24.1. The Morgan fingerprint density at radius 2 is 1.72 bits per heavy atom. The summed E-state index contributed by atoms with van der Waals surface area (Å²) < 4.78 is 0. The van der Waals surface area contributed by atoms with Crippen LogP contribution in [-0.2, 0) is 6.42 Å². The molecule has 1 aliphatic rings. The Morgan fingerprint density at radius 3 is 2.30 bits per heavy atom. The van der Waals surface area contributed by atoms with Crippen LogP contribution in [0.5, 0.6) is 0 Å². The number of dihydropyridines is 1. The van der Waals surface area contributed by atoms with Crippen LogP contribution in [0.2, 0.25) is 0 Å². The van der Waals surface area contributed by atoms with E-state index in [4.69, 9.17) is 4.99 Å². The number of aryl methyl sites for hydroxylation is 1. The fourth-order valence-electron chi connectivity index (χ4n) is 7.37. The predicted octanol–water partition coefficient (Wildman–Crippen LogP) is 13.2. The van der Waals surface area contributed by atoms with Crippen LogP contribution in [0.25, 0.3) is 5.57 Å². The molecule has 2 rings (SSSR count). The van der Waals surface area contributed by atoms with Crippen molar-refractivity contribution in [3.05, 3.63) is 150 Å². The second-order valence-corrected chi connectivity index (χ2v) is 13.9. The van der Waals surface area contributed by atoms with Crippen LogP contribution in [0.4, 0.5) is 0 Å². The highest BCUT2D eigenvalue weighted by molar-refractivity contribution is 5.86. The number of rotatable bonds is 21. The highest BCUT2D eigenvalue weighted by Crippen LogP contribution is 2.43. The van der Waals surface area contributed by atoms with Gasteiger partial charge in [-0.15, -0.1) is 6.58 Å². The Balaban J connectivity index is 2.63. The first-order valence-corrected chi connectivity index (χ1v) is 19.1. The molecule has 0 saturated heterocycles. The van der Waals surface area contributed by atoms with Crippen molar-refractivity contribution in [2.75, 3.05) is 6.54 Å². The fourth-order valence-corrected chi connectivity index (χ4v) is 7.37. The van der Waals surface area contributed by atoms with Crippen LogP contribution in [0.1, 0.15) is 99.1 Å². The summed E-state index contributed by atoms with van der Waals surface area (Å²) >= 11 is 0. The van der Waals surface area contributed by atoms with Crippen LogP contribution >= 0.6 is 0 Å². The van der Waals surface area contributed by atoms with Gasteiger partial charge in [-0.25, -0.2) is 0 Å². The molecule has 1 heterocycles. The summed E-state index contributed by atoms with van der Waals surface area (Å²) in [6.07, 6.45) is 30.7. The van der Waals surface area contributed by atoms with Crippen LogP contribution < -0.4 is 5.32 Å². The van der Waals surface area contributed by atoms with E-state index in [0.717, 1.165) is 44.2 Å². The molecule has 0 aromatic heterocycles. The van der Waals surface area contributed by atoms with Gasteiger partial charge in [-0.1, -0.05) is 139 Å². The molecule has 0 saturated carbocycles. The molecule has 1 aliphatic heterocycles. The zero-order valence-corrected chi connectivity index (χ0v) is 33.0. The van der Waals surface area contributed by atoms with Gasteiger partial charge >= 0.3 is 0 Å². The van der Waals surface area contributed by atoms with Crippen molar-refractivity contribution >= 4 is 11.8 Å². The quantitative estimate of drug-likeness (QED) is 0.102. The highest BCUT2D eigenvalue weighted by atomic mass is 14.8. The maximum atomic E-state index is 5.07. The van der Waals surface area contributed by atoms with E-state index < -0.39 is 0 Å². The number of aliphatic imine (C=N–C) groups is 1. The number of allylic oxidation sites excluding steroid dienone is 14. The lowest BCUT2D eigenvalue weighted by molar-refractivity contribution is 0.171. The number of hydrogen-bond acceptors (Lipinski definition) is 2. The minimum atomic E-state index is 0.200. The molecule has 0 radical (unpaired) electrons. The molecule has 0 amide bonds. The highest BCUT2D eigenvalue weighted by Gasteiger charge is 2.35. The van der Waals surface area contributed by atoms with E-state index in [1.165, 1.54) is 39.0 Å². The molecular weight excluding hydrogens is 605 g/mol. The smallest absolute Gasteiger partial charge is 0.0573 e. The Bertz CT molecular complexity index is 1480. The number of nitrogens with one attached hydrogen (secondary N) is 1. The van der Waals surface area contributed by atoms with E-state index in [9.17, 15) is 0 Å². The molecule has 2 nitrogen and oxygen atoms in total. The first-order valence-electron chi connectivity index (χ1n) is 19.1. The van der Waals surface area contributed by atoms with Gasteiger partial charge in [0.15, 0.2) is 0 Å². The molecule has 0 aliphatic carbocycles. The average molecular weight is 673 g/mol. The lowest BCUT2D eigenvalue weighted by Gasteiger charge is -2.39. The first kappa shape index (κ1) is 42.3. The molecular formula is C48H68N2. The minimum absolute atomic E-state index is 0.200. The SMILES string of the molecule is C=C\C=C/C(=C(\C)C(C)C(/C=C\C)C(C)C(C)C(CC=C)C1CC(C(=C)CN/C=C\C)=CC=N1)C(=C(/C=C\CC)CC)/c1ccc(CC)cc1. The van der Waals surface area contributed by atoms with Crippen molar-refractivity contribution in [2.24, 2.45) is 34.6 Å². The van der Waals surface area contributed by atoms with Crippen molar-refractivity contribution in [1.29, 1.82) is 0 Å². The summed E-state index contributed by atoms with van der Waals surface area (Å²) in [6.45, 7) is 34.0. The maximum absolute atomic E-state index is 5.07. The Morgan fingerprint density at radius 1 is 1.00 bits per heavy atom. The van der Waals surface area contributed by atoms with E-state index >= 15 is 0 Å². The van der Waals surface area contributed by atoms with E-state index in [1.54, 1.807) is 0 Å². The molecule has 0 fully saturated rings. The standard InChI is InChI=1S/C48H68N2/c1-13-20-24-41(19-7)48(42-28-26-40(18-6)27-29-42)46(25-21-14-2)39(12)37(10)44(22-15-3)36(9)38(11)45(23-16-4)47-33-43(30-32-50-47)35(8)34-49-31-17-5/h14-17,20-22,24-32,36-38,44-45,47,49H,2,4,8,13,18-19,23,33-34H2,1,3,5-7,9-12H3/b22-15-,24-20-,25-21-,31-17-,46-39-,48-41+. The van der Waals surface area contributed by atoms with Gasteiger partial charge in [0.2, 0.25) is 0 Å². The molecule has 1 aromatic carbocycles. The fraction of sp³-hybridized carbons (Fsp3) is 0.438. The van der Waals surface area contributed by atoms with E-state index in [0.29, 0.717) is 29.6 Å². The maximum Gasteiger partial charge on any atom is 0.0573 e. The molecule has 50 heavy (non-hydrogen) atoms. The zero-order chi connectivity index (χ0) is 37.1. The van der Waals surface area contributed by atoms with Gasteiger partial charge in [0.1, 0.15) is 0 Å². The van der Waals surface area contributed by atoms with Crippen molar-refractivity contribution in [3.8, 4) is 0 Å². The Labute approximate surface area is 307 Å². The normalized spacial score (nSPS) is 19.2. The van der Waals surface area contributed by atoms with Gasteiger partial charge in [0, 0.05) is 12.8 Å². The summed E-state index contributed by atoms with van der Waals surface area (Å²) in [7, 11) is 0. The molecule has 0 bridgehead atoms. The molecule has 0 spiro atoms. The predicted molar refractivity (Wildman–Crippen MR) is 226 cm³/mol. The summed E-state index contributed by atoms with van der Waals surface area (Å²) in [4.78, 5) is 5.07. The lowest BCUT2D eigenvalue weighted by atomic mass is 9.67. The van der Waals surface area contributed by atoms with E-state index in [1.807, 2.05) is 31.5 Å². The summed E-state index contributed by atoms with van der Waals surface area (Å²) in [5.74, 6) is 1.86. The lowest BCUT2D eigenvalue weighted by Crippen LogP contribution is -2.35. The van der Waals surface area contributed by atoms with Crippen molar-refractivity contribution in [1.82, 2.24) is 5.32 Å². The molecule has 270 valence electrons. The number of benzene rings is 1. The van der Waals surface area contributed by atoms with Crippen LogP contribution in [0.3, 0.4) is 0 Å². The second-order valence-electron chi connectivity index (χ2n) is 13.9. The number of nitrogens with zero attached hydrogens (tertiary/aromatic N) is 1. The summed E-state index contributed by atoms with van der Waals surface area (Å²) in [5, 5.41) is 3.35. The van der Waals surface area contributed by atoms with Crippen LogP contribution in [0, 0.1) is 29.6 Å². The van der Waals surface area contributed by atoms with Crippen LogP contribution in [0.15, 0.2) is 144 Å². The molecule has 2 heteroatoms. The Hall–Kier alpha value is -3.91. The largest absolute Gasteiger partial charge is 0.387 e. The third-order valence-corrected chi connectivity index (χ3v) is 10.8.